The number of amides is 1. The van der Waals surface area contributed by atoms with Crippen LogP contribution in [0.4, 0.5) is 0 Å². The van der Waals surface area contributed by atoms with Gasteiger partial charge in [0.2, 0.25) is 0 Å². The molecule has 1 aromatic rings. The summed E-state index contributed by atoms with van der Waals surface area (Å²) in [6.45, 7) is 4.56. The fourth-order valence-corrected chi connectivity index (χ4v) is 3.60. The standard InChI is InChI=1S/C15H20ClNO3S/c1-11-10-13(21(16,19)20)7-8-14(11)15(18)17-9-5-3-4-6-12(17)2/h7-8,10,12H,3-6,9H2,1-2H3. The van der Waals surface area contributed by atoms with Crippen molar-refractivity contribution in [3.8, 4) is 0 Å². The van der Waals surface area contributed by atoms with Gasteiger partial charge in [0.05, 0.1) is 4.90 Å². The van der Waals surface area contributed by atoms with Crippen molar-refractivity contribution in [3.63, 3.8) is 0 Å². The van der Waals surface area contributed by atoms with Gasteiger partial charge in [0, 0.05) is 28.8 Å². The molecule has 0 radical (unpaired) electrons. The van der Waals surface area contributed by atoms with Crippen molar-refractivity contribution < 1.29 is 13.2 Å². The summed E-state index contributed by atoms with van der Waals surface area (Å²) in [5.74, 6) is -0.0274. The molecule has 6 heteroatoms. The molecule has 1 unspecified atom stereocenters. The zero-order chi connectivity index (χ0) is 15.6. The van der Waals surface area contributed by atoms with E-state index in [1.165, 1.54) is 12.1 Å². The van der Waals surface area contributed by atoms with Crippen molar-refractivity contribution in [1.29, 1.82) is 0 Å². The summed E-state index contributed by atoms with van der Waals surface area (Å²) in [5, 5.41) is 0. The molecule has 1 fully saturated rings. The topological polar surface area (TPSA) is 54.5 Å². The van der Waals surface area contributed by atoms with Crippen molar-refractivity contribution in [2.24, 2.45) is 0 Å². The number of hydrogen-bond donors (Lipinski definition) is 0. The smallest absolute Gasteiger partial charge is 0.261 e. The van der Waals surface area contributed by atoms with Crippen LogP contribution in [0.5, 0.6) is 0 Å². The molecule has 1 heterocycles. The minimum atomic E-state index is -3.76. The first kappa shape index (κ1) is 16.3. The molecule has 1 atom stereocenters. The zero-order valence-electron chi connectivity index (χ0n) is 12.3. The van der Waals surface area contributed by atoms with Crippen molar-refractivity contribution in [2.75, 3.05) is 6.54 Å². The lowest BCUT2D eigenvalue weighted by Gasteiger charge is -2.28. The predicted molar refractivity (Wildman–Crippen MR) is 83.2 cm³/mol. The zero-order valence-corrected chi connectivity index (χ0v) is 13.9. The lowest BCUT2D eigenvalue weighted by molar-refractivity contribution is 0.0697. The van der Waals surface area contributed by atoms with Crippen molar-refractivity contribution in [2.45, 2.75) is 50.5 Å². The van der Waals surface area contributed by atoms with Gasteiger partial charge < -0.3 is 4.90 Å². The van der Waals surface area contributed by atoms with Crippen molar-refractivity contribution >= 4 is 25.6 Å². The Morgan fingerprint density at radius 3 is 2.62 bits per heavy atom. The van der Waals surface area contributed by atoms with Gasteiger partial charge in [-0.3, -0.25) is 4.79 Å². The summed E-state index contributed by atoms with van der Waals surface area (Å²) in [4.78, 5) is 14.6. The lowest BCUT2D eigenvalue weighted by atomic mass is 10.1. The largest absolute Gasteiger partial charge is 0.336 e. The number of benzene rings is 1. The molecule has 0 aliphatic carbocycles. The number of nitrogens with zero attached hydrogens (tertiary/aromatic N) is 1. The van der Waals surface area contributed by atoms with Gasteiger partial charge in [0.25, 0.3) is 15.0 Å². The first-order valence-corrected chi connectivity index (χ1v) is 9.48. The average molecular weight is 330 g/mol. The van der Waals surface area contributed by atoms with E-state index < -0.39 is 9.05 Å². The third kappa shape index (κ3) is 3.77. The van der Waals surface area contributed by atoms with Crippen LogP contribution in [-0.4, -0.2) is 31.8 Å². The van der Waals surface area contributed by atoms with Gasteiger partial charge in [-0.05, 0) is 50.5 Å². The minimum Gasteiger partial charge on any atom is -0.336 e. The quantitative estimate of drug-likeness (QED) is 0.782. The molecule has 0 aromatic heterocycles. The molecule has 2 rings (SSSR count). The molecule has 21 heavy (non-hydrogen) atoms. The Morgan fingerprint density at radius 2 is 2.00 bits per heavy atom. The summed E-state index contributed by atoms with van der Waals surface area (Å²) < 4.78 is 22.7. The van der Waals surface area contributed by atoms with Crippen LogP contribution >= 0.6 is 10.7 Å². The molecule has 1 amide bonds. The highest BCUT2D eigenvalue weighted by Gasteiger charge is 2.24. The van der Waals surface area contributed by atoms with E-state index in [1.807, 2.05) is 4.90 Å². The van der Waals surface area contributed by atoms with Crippen LogP contribution in [0.3, 0.4) is 0 Å². The van der Waals surface area contributed by atoms with Gasteiger partial charge in [0.1, 0.15) is 0 Å². The molecule has 1 saturated heterocycles. The third-order valence-corrected chi connectivity index (χ3v) is 5.38. The second-order valence-corrected chi connectivity index (χ2v) is 8.18. The maximum Gasteiger partial charge on any atom is 0.261 e. The molecule has 1 aliphatic heterocycles. The normalized spacial score (nSPS) is 20.1. The number of likely N-dealkylation sites (tertiary alicyclic amines) is 1. The van der Waals surface area contributed by atoms with Crippen molar-refractivity contribution in [3.05, 3.63) is 29.3 Å². The van der Waals surface area contributed by atoms with E-state index in [2.05, 4.69) is 6.92 Å². The van der Waals surface area contributed by atoms with Gasteiger partial charge in [-0.1, -0.05) is 12.8 Å². The second kappa shape index (κ2) is 6.36. The van der Waals surface area contributed by atoms with Crippen LogP contribution < -0.4 is 0 Å². The fourth-order valence-electron chi connectivity index (χ4n) is 2.76. The second-order valence-electron chi connectivity index (χ2n) is 5.61. The Kier molecular flexibility index (Phi) is 4.94. The van der Waals surface area contributed by atoms with Crippen LogP contribution in [0.25, 0.3) is 0 Å². The van der Waals surface area contributed by atoms with Crippen LogP contribution in [0.2, 0.25) is 0 Å². The Morgan fingerprint density at radius 1 is 1.29 bits per heavy atom. The van der Waals surface area contributed by atoms with E-state index in [4.69, 9.17) is 10.7 Å². The van der Waals surface area contributed by atoms with E-state index in [1.54, 1.807) is 13.0 Å². The fraction of sp³-hybridized carbons (Fsp3) is 0.533. The number of carbonyl (C=O) groups excluding carboxylic acids is 1. The average Bonchev–Trinajstić information content (AvgIpc) is 2.61. The highest BCUT2D eigenvalue weighted by Crippen LogP contribution is 2.23. The summed E-state index contributed by atoms with van der Waals surface area (Å²) in [6.07, 6.45) is 4.33. The van der Waals surface area contributed by atoms with Crippen LogP contribution in [0.15, 0.2) is 23.1 Å². The molecule has 1 aromatic carbocycles. The van der Waals surface area contributed by atoms with Gasteiger partial charge >= 0.3 is 0 Å². The van der Waals surface area contributed by atoms with Crippen molar-refractivity contribution in [1.82, 2.24) is 4.90 Å². The maximum absolute atomic E-state index is 12.7. The number of rotatable bonds is 2. The number of carbonyl (C=O) groups is 1. The molecule has 4 nitrogen and oxygen atoms in total. The van der Waals surface area contributed by atoms with E-state index >= 15 is 0 Å². The van der Waals surface area contributed by atoms with Crippen LogP contribution in [0.1, 0.15) is 48.5 Å². The molecular weight excluding hydrogens is 310 g/mol. The Hall–Kier alpha value is -1.07. The number of aryl methyl sites for hydroxylation is 1. The lowest BCUT2D eigenvalue weighted by Crippen LogP contribution is -2.38. The SMILES string of the molecule is Cc1cc(S(=O)(=O)Cl)ccc1C(=O)N1CCCCCC1C. The molecular formula is C15H20ClNO3S. The summed E-state index contributed by atoms with van der Waals surface area (Å²) in [5.41, 5.74) is 1.19. The predicted octanol–water partition coefficient (Wildman–Crippen LogP) is 3.33. The minimum absolute atomic E-state index is 0.0274. The summed E-state index contributed by atoms with van der Waals surface area (Å²) >= 11 is 0. The monoisotopic (exact) mass is 329 g/mol. The number of halogens is 1. The molecule has 1 aliphatic rings. The third-order valence-electron chi connectivity index (χ3n) is 4.02. The van der Waals surface area contributed by atoms with E-state index in [-0.39, 0.29) is 16.8 Å². The highest BCUT2D eigenvalue weighted by molar-refractivity contribution is 8.13. The maximum atomic E-state index is 12.7. The van der Waals surface area contributed by atoms with Gasteiger partial charge in [-0.15, -0.1) is 0 Å². The van der Waals surface area contributed by atoms with Gasteiger partial charge in [0.15, 0.2) is 0 Å². The molecule has 0 N–H and O–H groups in total. The first-order chi connectivity index (χ1) is 9.80. The Labute approximate surface area is 130 Å². The molecule has 0 bridgehead atoms. The molecule has 0 spiro atoms. The van der Waals surface area contributed by atoms with E-state index in [0.717, 1.165) is 32.2 Å². The van der Waals surface area contributed by atoms with E-state index in [0.29, 0.717) is 11.1 Å². The molecule has 116 valence electrons. The highest BCUT2D eigenvalue weighted by atomic mass is 35.7. The first-order valence-electron chi connectivity index (χ1n) is 7.17. The molecule has 0 saturated carbocycles. The number of hydrogen-bond acceptors (Lipinski definition) is 3. The van der Waals surface area contributed by atoms with Crippen LogP contribution in [0, 0.1) is 6.92 Å². The Balaban J connectivity index is 2.31. The van der Waals surface area contributed by atoms with Gasteiger partial charge in [-0.25, -0.2) is 8.42 Å². The summed E-state index contributed by atoms with van der Waals surface area (Å²) in [6, 6.07) is 4.63. The summed E-state index contributed by atoms with van der Waals surface area (Å²) in [7, 11) is 1.57. The van der Waals surface area contributed by atoms with Crippen LogP contribution in [-0.2, 0) is 9.05 Å². The van der Waals surface area contributed by atoms with Gasteiger partial charge in [-0.2, -0.15) is 0 Å². The van der Waals surface area contributed by atoms with E-state index in [9.17, 15) is 13.2 Å². The Bertz CT molecular complexity index is 642.